The van der Waals surface area contributed by atoms with Crippen LogP contribution in [0.5, 0.6) is 5.75 Å². The largest absolute Gasteiger partial charge is 0.493 e. The van der Waals surface area contributed by atoms with Crippen molar-refractivity contribution >= 4 is 33.4 Å². The van der Waals surface area contributed by atoms with E-state index in [0.717, 1.165) is 80.6 Å². The summed E-state index contributed by atoms with van der Waals surface area (Å²) >= 11 is 0. The molecule has 7 heteroatoms. The Morgan fingerprint density at radius 3 is 1.83 bits per heavy atom. The maximum absolute atomic E-state index is 12.7. The van der Waals surface area contributed by atoms with E-state index in [-0.39, 0.29) is 11.8 Å². The predicted octanol–water partition coefficient (Wildman–Crippen LogP) is 10.6. The van der Waals surface area contributed by atoms with E-state index in [1.165, 1.54) is 5.56 Å². The number of hydrogen-bond donors (Lipinski definition) is 2. The minimum absolute atomic E-state index is 0.0824. The monoisotopic (exact) mass is 694 g/mol. The molecule has 0 fully saturated rings. The van der Waals surface area contributed by atoms with Crippen molar-refractivity contribution in [3.63, 3.8) is 0 Å². The SMILES string of the molecule is CCC=CCC=CCC=CCC=CCC=CCC=CCCC(=O)NCCSSCCNC(=O)C(C)(C)CCCOc1cc(C)ccc1C. The van der Waals surface area contributed by atoms with Crippen LogP contribution in [0.15, 0.2) is 91.1 Å². The summed E-state index contributed by atoms with van der Waals surface area (Å²) in [5.41, 5.74) is 1.88. The number of aryl methyl sites for hydroxylation is 2. The number of amides is 2. The molecule has 0 spiro atoms. The molecule has 0 saturated heterocycles. The number of carbonyl (C=O) groups is 2. The molecule has 266 valence electrons. The summed E-state index contributed by atoms with van der Waals surface area (Å²) in [5, 5.41) is 6.06. The maximum Gasteiger partial charge on any atom is 0.225 e. The van der Waals surface area contributed by atoms with Gasteiger partial charge in [0.2, 0.25) is 11.8 Å². The highest BCUT2D eigenvalue weighted by Crippen LogP contribution is 2.25. The third kappa shape index (κ3) is 24.3. The molecule has 0 radical (unpaired) electrons. The lowest BCUT2D eigenvalue weighted by atomic mass is 9.87. The zero-order valence-corrected chi connectivity index (χ0v) is 31.9. The fourth-order valence-corrected chi connectivity index (χ4v) is 6.22. The first-order valence-corrected chi connectivity index (χ1v) is 20.1. The topological polar surface area (TPSA) is 67.4 Å². The van der Waals surface area contributed by atoms with Gasteiger partial charge in [0.1, 0.15) is 5.75 Å². The molecular formula is C41H62N2O3S2. The smallest absolute Gasteiger partial charge is 0.225 e. The van der Waals surface area contributed by atoms with Gasteiger partial charge in [-0.25, -0.2) is 0 Å². The third-order valence-corrected chi connectivity index (χ3v) is 9.77. The fraction of sp³-hybridized carbons (Fsp3) is 0.512. The Kier molecular flexibility index (Phi) is 26.1. The van der Waals surface area contributed by atoms with Crippen LogP contribution >= 0.6 is 21.6 Å². The van der Waals surface area contributed by atoms with Gasteiger partial charge in [0.15, 0.2) is 0 Å². The molecule has 0 atom stereocenters. The Bertz CT molecular complexity index is 1200. The lowest BCUT2D eigenvalue weighted by Crippen LogP contribution is -2.38. The van der Waals surface area contributed by atoms with E-state index in [9.17, 15) is 9.59 Å². The Morgan fingerprint density at radius 1 is 0.750 bits per heavy atom. The van der Waals surface area contributed by atoms with Gasteiger partial charge in [-0.3, -0.25) is 9.59 Å². The molecule has 1 aromatic rings. The van der Waals surface area contributed by atoms with Crippen molar-refractivity contribution in [3.8, 4) is 5.75 Å². The zero-order valence-electron chi connectivity index (χ0n) is 30.3. The Hall–Kier alpha value is -2.90. The van der Waals surface area contributed by atoms with E-state index in [0.29, 0.717) is 26.1 Å². The lowest BCUT2D eigenvalue weighted by Gasteiger charge is -2.23. The van der Waals surface area contributed by atoms with Crippen LogP contribution in [0.1, 0.15) is 96.1 Å². The summed E-state index contributed by atoms with van der Waals surface area (Å²) in [5.74, 6) is 2.77. The van der Waals surface area contributed by atoms with E-state index in [1.807, 2.05) is 13.8 Å². The average Bonchev–Trinajstić information content (AvgIpc) is 3.06. The van der Waals surface area contributed by atoms with Crippen molar-refractivity contribution in [2.75, 3.05) is 31.2 Å². The van der Waals surface area contributed by atoms with Crippen LogP contribution in [0.25, 0.3) is 0 Å². The van der Waals surface area contributed by atoms with E-state index in [1.54, 1.807) is 21.6 Å². The molecule has 0 bridgehead atoms. The van der Waals surface area contributed by atoms with Gasteiger partial charge in [-0.2, -0.15) is 0 Å². The molecule has 1 rings (SSSR count). The number of ether oxygens (including phenoxy) is 1. The summed E-state index contributed by atoms with van der Waals surface area (Å²) in [6.07, 6.45) is 35.0. The third-order valence-electron chi connectivity index (χ3n) is 7.36. The van der Waals surface area contributed by atoms with Crippen LogP contribution in [0, 0.1) is 19.3 Å². The van der Waals surface area contributed by atoms with Crippen molar-refractivity contribution in [2.45, 2.75) is 98.8 Å². The Balaban J connectivity index is 1.97. The number of carbonyl (C=O) groups excluding carboxylic acids is 2. The van der Waals surface area contributed by atoms with Crippen LogP contribution in [0.3, 0.4) is 0 Å². The molecular weight excluding hydrogens is 633 g/mol. The van der Waals surface area contributed by atoms with Crippen LogP contribution in [-0.4, -0.2) is 43.0 Å². The Labute approximate surface area is 300 Å². The molecule has 0 aliphatic rings. The summed E-state index contributed by atoms with van der Waals surface area (Å²) in [4.78, 5) is 24.8. The van der Waals surface area contributed by atoms with Crippen molar-refractivity contribution in [3.05, 3.63) is 102 Å². The normalized spacial score (nSPS) is 12.5. The quantitative estimate of drug-likeness (QED) is 0.0545. The number of benzene rings is 1. The first-order chi connectivity index (χ1) is 23.3. The first kappa shape index (κ1) is 43.1. The molecule has 0 aliphatic heterocycles. The minimum Gasteiger partial charge on any atom is -0.493 e. The van der Waals surface area contributed by atoms with Crippen LogP contribution in [0.2, 0.25) is 0 Å². The zero-order chi connectivity index (χ0) is 35.1. The highest BCUT2D eigenvalue weighted by atomic mass is 33.1. The van der Waals surface area contributed by atoms with E-state index < -0.39 is 5.41 Å². The molecule has 2 N–H and O–H groups in total. The van der Waals surface area contributed by atoms with Gasteiger partial charge in [0, 0.05) is 36.4 Å². The molecule has 1 aromatic carbocycles. The maximum atomic E-state index is 12.7. The molecule has 5 nitrogen and oxygen atoms in total. The molecule has 0 aliphatic carbocycles. The molecule has 0 unspecified atom stereocenters. The van der Waals surface area contributed by atoms with Crippen LogP contribution in [-0.2, 0) is 9.59 Å². The molecule has 48 heavy (non-hydrogen) atoms. The Morgan fingerprint density at radius 2 is 1.27 bits per heavy atom. The number of allylic oxidation sites excluding steroid dienone is 12. The molecule has 0 saturated carbocycles. The van der Waals surface area contributed by atoms with Gasteiger partial charge in [0.25, 0.3) is 0 Å². The van der Waals surface area contributed by atoms with E-state index in [2.05, 4.69) is 123 Å². The molecule has 0 heterocycles. The molecule has 0 aromatic heterocycles. The summed E-state index contributed by atoms with van der Waals surface area (Å²) in [6.45, 7) is 12.1. The van der Waals surface area contributed by atoms with Crippen molar-refractivity contribution in [1.82, 2.24) is 10.6 Å². The number of rotatable bonds is 27. The predicted molar refractivity (Wildman–Crippen MR) is 213 cm³/mol. The summed E-state index contributed by atoms with van der Waals surface area (Å²) < 4.78 is 5.95. The van der Waals surface area contributed by atoms with E-state index in [4.69, 9.17) is 4.74 Å². The number of hydrogen-bond acceptors (Lipinski definition) is 5. The second-order valence-corrected chi connectivity index (χ2v) is 15.0. The second-order valence-electron chi connectivity index (χ2n) is 12.3. The van der Waals surface area contributed by atoms with Gasteiger partial charge < -0.3 is 15.4 Å². The standard InChI is InChI=1S/C41H62N2O3S2/c1-6-7-8-9-10-11-12-13-14-15-16-17-18-19-20-21-22-23-24-26-39(44)42-30-33-47-48-34-31-43-40(45)41(4,5)29-25-32-46-38-35-36(2)27-28-37(38)3/h7-8,10-11,13-14,16-17,19-20,22-23,27-28,35H,6,9,12,15,18,21,24-26,29-34H2,1-5H3,(H,42,44)(H,43,45). The van der Waals surface area contributed by atoms with Crippen molar-refractivity contribution in [2.24, 2.45) is 5.41 Å². The lowest BCUT2D eigenvalue weighted by molar-refractivity contribution is -0.129. The summed E-state index contributed by atoms with van der Waals surface area (Å²) in [7, 11) is 3.45. The van der Waals surface area contributed by atoms with Crippen molar-refractivity contribution in [1.29, 1.82) is 0 Å². The second kappa shape index (κ2) is 29.1. The average molecular weight is 695 g/mol. The summed E-state index contributed by atoms with van der Waals surface area (Å²) in [6, 6.07) is 6.22. The van der Waals surface area contributed by atoms with Crippen molar-refractivity contribution < 1.29 is 14.3 Å². The highest BCUT2D eigenvalue weighted by molar-refractivity contribution is 8.76. The van der Waals surface area contributed by atoms with Gasteiger partial charge in [-0.1, -0.05) is 127 Å². The first-order valence-electron chi connectivity index (χ1n) is 17.7. The number of nitrogens with one attached hydrogen (secondary N) is 2. The van der Waals surface area contributed by atoms with Gasteiger partial charge >= 0.3 is 0 Å². The minimum atomic E-state index is -0.433. The molecule has 2 amide bonds. The fourth-order valence-electron chi connectivity index (χ4n) is 4.41. The van der Waals surface area contributed by atoms with Gasteiger partial charge in [0.05, 0.1) is 6.61 Å². The van der Waals surface area contributed by atoms with Crippen LogP contribution in [0.4, 0.5) is 0 Å². The van der Waals surface area contributed by atoms with Gasteiger partial charge in [-0.15, -0.1) is 0 Å². The van der Waals surface area contributed by atoms with E-state index >= 15 is 0 Å². The van der Waals surface area contributed by atoms with Crippen LogP contribution < -0.4 is 15.4 Å². The highest BCUT2D eigenvalue weighted by Gasteiger charge is 2.26. The van der Waals surface area contributed by atoms with Gasteiger partial charge in [-0.05, 0) is 88.8 Å².